The molecule has 130 valence electrons. The number of hydrogen-bond acceptors (Lipinski definition) is 6. The Morgan fingerprint density at radius 1 is 1.30 bits per heavy atom. The number of carbonyl (C=O) groups excluding carboxylic acids is 3. The van der Waals surface area contributed by atoms with Crippen LogP contribution in [0.4, 0.5) is 0 Å². The minimum Gasteiger partial charge on any atom is -0.480 e. The van der Waals surface area contributed by atoms with Gasteiger partial charge in [-0.15, -0.1) is 0 Å². The zero-order chi connectivity index (χ0) is 17.6. The van der Waals surface area contributed by atoms with Crippen molar-refractivity contribution < 1.29 is 29.4 Å². The predicted octanol–water partition coefficient (Wildman–Crippen LogP) is -2.87. The van der Waals surface area contributed by atoms with Crippen molar-refractivity contribution in [1.29, 1.82) is 0 Å². The van der Waals surface area contributed by atoms with Gasteiger partial charge in [-0.2, -0.15) is 0 Å². The summed E-state index contributed by atoms with van der Waals surface area (Å²) in [6.07, 6.45) is 0.631. The summed E-state index contributed by atoms with van der Waals surface area (Å²) in [4.78, 5) is 47.4. The second-order valence-corrected chi connectivity index (χ2v) is 5.38. The molecule has 23 heavy (non-hydrogen) atoms. The lowest BCUT2D eigenvalue weighted by Crippen LogP contribution is -2.54. The Kier molecular flexibility index (Phi) is 6.91. The highest BCUT2D eigenvalue weighted by Crippen LogP contribution is 2.18. The van der Waals surface area contributed by atoms with Crippen molar-refractivity contribution in [2.24, 2.45) is 11.5 Å². The number of aliphatic hydroxyl groups is 1. The molecule has 0 spiro atoms. The Hall–Kier alpha value is -2.20. The van der Waals surface area contributed by atoms with Crippen molar-refractivity contribution in [3.05, 3.63) is 0 Å². The van der Waals surface area contributed by atoms with E-state index < -0.39 is 48.4 Å². The second-order valence-electron chi connectivity index (χ2n) is 5.38. The summed E-state index contributed by atoms with van der Waals surface area (Å²) in [7, 11) is 0. The van der Waals surface area contributed by atoms with Crippen LogP contribution in [0.3, 0.4) is 0 Å². The summed E-state index contributed by atoms with van der Waals surface area (Å²) in [5, 5.41) is 20.3. The summed E-state index contributed by atoms with van der Waals surface area (Å²) in [5.74, 6) is -3.15. The maximum atomic E-state index is 12.2. The third kappa shape index (κ3) is 5.18. The van der Waals surface area contributed by atoms with Crippen LogP contribution in [-0.4, -0.2) is 70.1 Å². The first-order valence-electron chi connectivity index (χ1n) is 7.26. The van der Waals surface area contributed by atoms with E-state index in [-0.39, 0.29) is 12.8 Å². The van der Waals surface area contributed by atoms with Crippen LogP contribution in [0, 0.1) is 0 Å². The molecule has 1 saturated heterocycles. The average Bonchev–Trinajstić information content (AvgIpc) is 2.98. The van der Waals surface area contributed by atoms with Crippen molar-refractivity contribution in [1.82, 2.24) is 10.2 Å². The number of nitrogens with zero attached hydrogens (tertiary/aromatic N) is 1. The lowest BCUT2D eigenvalue weighted by molar-refractivity contribution is -0.144. The third-order valence-electron chi connectivity index (χ3n) is 3.65. The fourth-order valence-corrected chi connectivity index (χ4v) is 2.41. The van der Waals surface area contributed by atoms with Gasteiger partial charge in [0.05, 0.1) is 6.61 Å². The molecule has 0 radical (unpaired) electrons. The highest BCUT2D eigenvalue weighted by Gasteiger charge is 2.37. The van der Waals surface area contributed by atoms with Crippen LogP contribution in [0.2, 0.25) is 0 Å². The van der Waals surface area contributed by atoms with E-state index in [1.807, 2.05) is 0 Å². The summed E-state index contributed by atoms with van der Waals surface area (Å²) in [6.45, 7) is -0.232. The lowest BCUT2D eigenvalue weighted by atomic mass is 10.1. The topological polar surface area (TPSA) is 176 Å². The molecule has 10 heteroatoms. The van der Waals surface area contributed by atoms with Gasteiger partial charge in [0.1, 0.15) is 18.1 Å². The Morgan fingerprint density at radius 3 is 2.48 bits per heavy atom. The minimum atomic E-state index is -1.29. The molecule has 0 aliphatic carbocycles. The Balaban J connectivity index is 2.71. The fraction of sp³-hybridized carbons (Fsp3) is 0.692. The van der Waals surface area contributed by atoms with Gasteiger partial charge in [0.2, 0.25) is 17.7 Å². The van der Waals surface area contributed by atoms with Gasteiger partial charge in [0, 0.05) is 13.0 Å². The molecule has 1 rings (SSSR count). The van der Waals surface area contributed by atoms with Crippen LogP contribution in [0.25, 0.3) is 0 Å². The van der Waals surface area contributed by atoms with Gasteiger partial charge in [-0.05, 0) is 19.3 Å². The fourth-order valence-electron chi connectivity index (χ4n) is 2.41. The van der Waals surface area contributed by atoms with Crippen LogP contribution in [0.5, 0.6) is 0 Å². The van der Waals surface area contributed by atoms with Crippen molar-refractivity contribution in [3.63, 3.8) is 0 Å². The Labute approximate surface area is 132 Å². The maximum absolute atomic E-state index is 12.2. The van der Waals surface area contributed by atoms with Gasteiger partial charge in [0.15, 0.2) is 0 Å². The number of primary amides is 1. The number of nitrogens with one attached hydrogen (secondary N) is 1. The molecule has 1 heterocycles. The first-order chi connectivity index (χ1) is 10.8. The molecule has 0 aromatic carbocycles. The van der Waals surface area contributed by atoms with Crippen LogP contribution in [0.1, 0.15) is 25.7 Å². The number of aliphatic carboxylic acids is 1. The van der Waals surface area contributed by atoms with Crippen LogP contribution >= 0.6 is 0 Å². The number of aliphatic hydroxyl groups excluding tert-OH is 1. The van der Waals surface area contributed by atoms with E-state index in [2.05, 4.69) is 5.32 Å². The van der Waals surface area contributed by atoms with Crippen LogP contribution < -0.4 is 16.8 Å². The predicted molar refractivity (Wildman–Crippen MR) is 77.8 cm³/mol. The number of likely N-dealkylation sites (tertiary alicyclic amines) is 1. The summed E-state index contributed by atoms with van der Waals surface area (Å²) >= 11 is 0. The Bertz CT molecular complexity index is 483. The number of rotatable bonds is 8. The van der Waals surface area contributed by atoms with Crippen LogP contribution in [0.15, 0.2) is 0 Å². The molecule has 1 aliphatic rings. The van der Waals surface area contributed by atoms with Gasteiger partial charge in [-0.1, -0.05) is 0 Å². The highest BCUT2D eigenvalue weighted by atomic mass is 16.4. The van der Waals surface area contributed by atoms with E-state index in [0.29, 0.717) is 19.4 Å². The standard InChI is InChI=1S/C13H22N4O6/c14-7(6-18)12(21)17-5-1-2-9(17)11(20)16-8(13(22)23)3-4-10(15)19/h7-9,18H,1-6,14H2,(H2,15,19)(H,16,20)(H,22,23)/t7-,8-,9-/m0/s1. The van der Waals surface area contributed by atoms with E-state index in [1.54, 1.807) is 0 Å². The van der Waals surface area contributed by atoms with Crippen molar-refractivity contribution in [2.75, 3.05) is 13.2 Å². The van der Waals surface area contributed by atoms with Crippen LogP contribution in [-0.2, 0) is 19.2 Å². The molecule has 3 amide bonds. The monoisotopic (exact) mass is 330 g/mol. The number of hydrogen-bond donors (Lipinski definition) is 5. The van der Waals surface area contributed by atoms with Gasteiger partial charge in [0.25, 0.3) is 0 Å². The first kappa shape index (κ1) is 18.8. The number of carboxylic acid groups (broad SMARTS) is 1. The summed E-state index contributed by atoms with van der Waals surface area (Å²) in [6, 6.07) is -3.22. The molecule has 0 aromatic heterocycles. The molecule has 0 unspecified atom stereocenters. The molecule has 7 N–H and O–H groups in total. The SMILES string of the molecule is NC(=O)CC[C@H](NC(=O)[C@@H]1CCCN1C(=O)[C@@H](N)CO)C(=O)O. The number of carboxylic acids is 1. The van der Waals surface area contributed by atoms with E-state index in [9.17, 15) is 19.2 Å². The third-order valence-corrected chi connectivity index (χ3v) is 3.65. The van der Waals surface area contributed by atoms with Crippen molar-refractivity contribution in [2.45, 2.75) is 43.8 Å². The normalized spacial score (nSPS) is 19.9. The van der Waals surface area contributed by atoms with E-state index in [0.717, 1.165) is 0 Å². The number of amides is 3. The van der Waals surface area contributed by atoms with E-state index >= 15 is 0 Å². The van der Waals surface area contributed by atoms with Crippen molar-refractivity contribution >= 4 is 23.7 Å². The quantitative estimate of drug-likeness (QED) is 0.317. The zero-order valence-electron chi connectivity index (χ0n) is 12.6. The van der Waals surface area contributed by atoms with E-state index in [1.165, 1.54) is 4.90 Å². The molecule has 0 aromatic rings. The molecule has 3 atom stereocenters. The molecule has 1 aliphatic heterocycles. The average molecular weight is 330 g/mol. The largest absolute Gasteiger partial charge is 0.480 e. The molecular weight excluding hydrogens is 308 g/mol. The van der Waals surface area contributed by atoms with Gasteiger partial charge >= 0.3 is 5.97 Å². The van der Waals surface area contributed by atoms with Gasteiger partial charge < -0.3 is 31.9 Å². The smallest absolute Gasteiger partial charge is 0.326 e. The van der Waals surface area contributed by atoms with Gasteiger partial charge in [-0.3, -0.25) is 14.4 Å². The number of carbonyl (C=O) groups is 4. The summed E-state index contributed by atoms with van der Waals surface area (Å²) in [5.41, 5.74) is 10.4. The Morgan fingerprint density at radius 2 is 1.96 bits per heavy atom. The van der Waals surface area contributed by atoms with Gasteiger partial charge in [-0.25, -0.2) is 4.79 Å². The van der Waals surface area contributed by atoms with Crippen molar-refractivity contribution in [3.8, 4) is 0 Å². The molecule has 0 bridgehead atoms. The molecule has 0 saturated carbocycles. The summed E-state index contributed by atoms with van der Waals surface area (Å²) < 4.78 is 0. The zero-order valence-corrected chi connectivity index (χ0v) is 12.6. The lowest BCUT2D eigenvalue weighted by Gasteiger charge is -2.27. The molecule has 1 fully saturated rings. The minimum absolute atomic E-state index is 0.132. The first-order valence-corrected chi connectivity index (χ1v) is 7.26. The molecule has 10 nitrogen and oxygen atoms in total. The maximum Gasteiger partial charge on any atom is 0.326 e. The molecular formula is C13H22N4O6. The highest BCUT2D eigenvalue weighted by molar-refractivity contribution is 5.92. The van der Waals surface area contributed by atoms with E-state index in [4.69, 9.17) is 21.7 Å². The second kappa shape index (κ2) is 8.44. The number of nitrogens with two attached hydrogens (primary N) is 2.